The highest BCUT2D eigenvalue weighted by Gasteiger charge is 2.30. The van der Waals surface area contributed by atoms with Crippen molar-refractivity contribution in [1.29, 1.82) is 0 Å². The maximum atomic E-state index is 12.6. The Hall–Kier alpha value is -1.59. The molecule has 25 heavy (non-hydrogen) atoms. The summed E-state index contributed by atoms with van der Waals surface area (Å²) in [6, 6.07) is 9.26. The van der Waals surface area contributed by atoms with Gasteiger partial charge in [0.2, 0.25) is 11.8 Å². The van der Waals surface area contributed by atoms with Crippen molar-refractivity contribution in [2.24, 2.45) is 11.7 Å². The van der Waals surface area contributed by atoms with Gasteiger partial charge in [-0.1, -0.05) is 43.7 Å². The zero-order valence-corrected chi connectivity index (χ0v) is 15.8. The van der Waals surface area contributed by atoms with Crippen LogP contribution in [0.5, 0.6) is 0 Å². The Kier molecular flexibility index (Phi) is 9.53. The summed E-state index contributed by atoms with van der Waals surface area (Å²) in [6.07, 6.45) is 4.28. The molecular weight excluding hydrogens is 338 g/mol. The maximum Gasteiger partial charge on any atom is 0.239 e. The fourth-order valence-electron chi connectivity index (χ4n) is 3.11. The molecule has 1 unspecified atom stereocenters. The second-order valence-electron chi connectivity index (χ2n) is 6.56. The van der Waals surface area contributed by atoms with Crippen LogP contribution in [-0.4, -0.2) is 42.4 Å². The number of carbonyl (C=O) groups excluding carboxylic acids is 2. The van der Waals surface area contributed by atoms with E-state index in [-0.39, 0.29) is 30.1 Å². The molecule has 2 rings (SSSR count). The SMILES string of the molecule is CCCCNC(=O)C1CCCN(C(=O)[C@@H](N)Cc2ccccc2)C1.Cl. The maximum absolute atomic E-state index is 12.6. The quantitative estimate of drug-likeness (QED) is 0.725. The fraction of sp³-hybridized carbons (Fsp3) is 0.579. The number of amides is 2. The lowest BCUT2D eigenvalue weighted by molar-refractivity contribution is -0.136. The van der Waals surface area contributed by atoms with E-state index < -0.39 is 6.04 Å². The van der Waals surface area contributed by atoms with Gasteiger partial charge in [-0.05, 0) is 31.2 Å². The van der Waals surface area contributed by atoms with Gasteiger partial charge in [0.15, 0.2) is 0 Å². The number of nitrogens with two attached hydrogens (primary N) is 1. The normalized spacial score (nSPS) is 18.2. The molecule has 2 amide bonds. The van der Waals surface area contributed by atoms with E-state index >= 15 is 0 Å². The van der Waals surface area contributed by atoms with Crippen molar-refractivity contribution < 1.29 is 9.59 Å². The third-order valence-corrected chi connectivity index (χ3v) is 4.55. The molecule has 1 saturated heterocycles. The summed E-state index contributed by atoms with van der Waals surface area (Å²) in [4.78, 5) is 26.6. The summed E-state index contributed by atoms with van der Waals surface area (Å²) >= 11 is 0. The van der Waals surface area contributed by atoms with E-state index in [2.05, 4.69) is 12.2 Å². The van der Waals surface area contributed by atoms with Crippen LogP contribution in [0.4, 0.5) is 0 Å². The molecule has 140 valence electrons. The van der Waals surface area contributed by atoms with Gasteiger partial charge < -0.3 is 16.0 Å². The standard InChI is InChI=1S/C19H29N3O2.ClH/c1-2-3-11-21-18(23)16-10-7-12-22(14-16)19(24)17(20)13-15-8-5-4-6-9-15;/h4-6,8-9,16-17H,2-3,7,10-14,20H2,1H3,(H,21,23);1H/t16?,17-;/m0./s1. The molecule has 0 aliphatic carbocycles. The Balaban J connectivity index is 0.00000312. The zero-order chi connectivity index (χ0) is 17.4. The zero-order valence-electron chi connectivity index (χ0n) is 14.9. The van der Waals surface area contributed by atoms with Crippen molar-refractivity contribution in [3.63, 3.8) is 0 Å². The van der Waals surface area contributed by atoms with Crippen LogP contribution in [0.15, 0.2) is 30.3 Å². The van der Waals surface area contributed by atoms with Gasteiger partial charge in [0.1, 0.15) is 0 Å². The van der Waals surface area contributed by atoms with Gasteiger partial charge in [0.05, 0.1) is 12.0 Å². The third-order valence-electron chi connectivity index (χ3n) is 4.55. The van der Waals surface area contributed by atoms with E-state index in [1.807, 2.05) is 30.3 Å². The molecule has 0 saturated carbocycles. The number of nitrogens with zero attached hydrogens (tertiary/aromatic N) is 1. The van der Waals surface area contributed by atoms with Crippen molar-refractivity contribution in [1.82, 2.24) is 10.2 Å². The first-order valence-electron chi connectivity index (χ1n) is 8.97. The van der Waals surface area contributed by atoms with Crippen LogP contribution in [0.25, 0.3) is 0 Å². The average molecular weight is 368 g/mol. The highest BCUT2D eigenvalue weighted by Crippen LogP contribution is 2.18. The van der Waals surface area contributed by atoms with Crippen LogP contribution in [0, 0.1) is 5.92 Å². The van der Waals surface area contributed by atoms with Crippen LogP contribution in [0.3, 0.4) is 0 Å². The first kappa shape index (κ1) is 21.5. The Morgan fingerprint density at radius 1 is 1.32 bits per heavy atom. The summed E-state index contributed by atoms with van der Waals surface area (Å²) in [7, 11) is 0. The minimum absolute atomic E-state index is 0. The predicted molar refractivity (Wildman–Crippen MR) is 103 cm³/mol. The molecule has 2 atom stereocenters. The summed E-state index contributed by atoms with van der Waals surface area (Å²) in [5, 5.41) is 2.97. The van der Waals surface area contributed by atoms with E-state index in [1.54, 1.807) is 4.90 Å². The van der Waals surface area contributed by atoms with Gasteiger partial charge in [0.25, 0.3) is 0 Å². The van der Waals surface area contributed by atoms with Crippen LogP contribution >= 0.6 is 12.4 Å². The van der Waals surface area contributed by atoms with Crippen molar-refractivity contribution >= 4 is 24.2 Å². The second-order valence-corrected chi connectivity index (χ2v) is 6.56. The van der Waals surface area contributed by atoms with Gasteiger partial charge in [-0.25, -0.2) is 0 Å². The van der Waals surface area contributed by atoms with Crippen molar-refractivity contribution in [2.75, 3.05) is 19.6 Å². The van der Waals surface area contributed by atoms with Gasteiger partial charge in [-0.3, -0.25) is 9.59 Å². The van der Waals surface area contributed by atoms with E-state index in [4.69, 9.17) is 5.73 Å². The number of carbonyl (C=O) groups is 2. The summed E-state index contributed by atoms with van der Waals surface area (Å²) in [5.41, 5.74) is 7.17. The largest absolute Gasteiger partial charge is 0.356 e. The Morgan fingerprint density at radius 3 is 2.72 bits per heavy atom. The molecule has 0 radical (unpaired) electrons. The fourth-order valence-corrected chi connectivity index (χ4v) is 3.11. The molecule has 0 bridgehead atoms. The lowest BCUT2D eigenvalue weighted by Gasteiger charge is -2.33. The number of hydrogen-bond acceptors (Lipinski definition) is 3. The smallest absolute Gasteiger partial charge is 0.239 e. The highest BCUT2D eigenvalue weighted by molar-refractivity contribution is 5.85. The molecule has 0 spiro atoms. The van der Waals surface area contributed by atoms with E-state index in [9.17, 15) is 9.59 Å². The predicted octanol–water partition coefficient (Wildman–Crippen LogP) is 2.13. The van der Waals surface area contributed by atoms with Gasteiger partial charge in [0, 0.05) is 19.6 Å². The summed E-state index contributed by atoms with van der Waals surface area (Å²) < 4.78 is 0. The van der Waals surface area contributed by atoms with E-state index in [0.717, 1.165) is 31.2 Å². The third kappa shape index (κ3) is 6.67. The average Bonchev–Trinajstić information content (AvgIpc) is 2.62. The lowest BCUT2D eigenvalue weighted by Crippen LogP contribution is -2.51. The first-order valence-corrected chi connectivity index (χ1v) is 8.97. The number of benzene rings is 1. The monoisotopic (exact) mass is 367 g/mol. The molecule has 6 heteroatoms. The number of rotatable bonds is 7. The number of hydrogen-bond donors (Lipinski definition) is 2. The number of nitrogens with one attached hydrogen (secondary N) is 1. The lowest BCUT2D eigenvalue weighted by atomic mass is 9.96. The minimum atomic E-state index is -0.547. The molecule has 1 fully saturated rings. The second kappa shape index (κ2) is 11.1. The molecule has 5 nitrogen and oxygen atoms in total. The summed E-state index contributed by atoms with van der Waals surface area (Å²) in [5.74, 6) is -0.0917. The molecule has 1 aliphatic heterocycles. The highest BCUT2D eigenvalue weighted by atomic mass is 35.5. The number of piperidine rings is 1. The topological polar surface area (TPSA) is 75.4 Å². The summed E-state index contributed by atoms with van der Waals surface area (Å²) in [6.45, 7) is 3.99. The van der Waals surface area contributed by atoms with Gasteiger partial charge >= 0.3 is 0 Å². The van der Waals surface area contributed by atoms with Gasteiger partial charge in [-0.2, -0.15) is 0 Å². The molecule has 1 heterocycles. The number of unbranched alkanes of at least 4 members (excludes halogenated alkanes) is 1. The van der Waals surface area contributed by atoms with E-state index in [0.29, 0.717) is 26.1 Å². The van der Waals surface area contributed by atoms with Crippen molar-refractivity contribution in [3.8, 4) is 0 Å². The first-order chi connectivity index (χ1) is 11.6. The molecule has 0 aromatic heterocycles. The van der Waals surface area contributed by atoms with Crippen LogP contribution in [0.1, 0.15) is 38.2 Å². The number of likely N-dealkylation sites (tertiary alicyclic amines) is 1. The molecular formula is C19H30ClN3O2. The van der Waals surface area contributed by atoms with Crippen LogP contribution in [-0.2, 0) is 16.0 Å². The molecule has 3 N–H and O–H groups in total. The Morgan fingerprint density at radius 2 is 2.04 bits per heavy atom. The Labute approximate surface area is 156 Å². The molecule has 1 aromatic carbocycles. The molecule has 1 aliphatic rings. The molecule has 1 aromatic rings. The van der Waals surface area contributed by atoms with E-state index in [1.165, 1.54) is 0 Å². The van der Waals surface area contributed by atoms with Crippen LogP contribution < -0.4 is 11.1 Å². The number of halogens is 1. The Bertz CT molecular complexity index is 539. The van der Waals surface area contributed by atoms with Gasteiger partial charge in [-0.15, -0.1) is 12.4 Å². The van der Waals surface area contributed by atoms with Crippen molar-refractivity contribution in [3.05, 3.63) is 35.9 Å². The van der Waals surface area contributed by atoms with Crippen LogP contribution in [0.2, 0.25) is 0 Å². The minimum Gasteiger partial charge on any atom is -0.356 e. The van der Waals surface area contributed by atoms with Crippen molar-refractivity contribution in [2.45, 2.75) is 45.1 Å².